The lowest BCUT2D eigenvalue weighted by molar-refractivity contribution is 0.289. The quantitative estimate of drug-likeness (QED) is 0.596. The molecule has 0 unspecified atom stereocenters. The summed E-state index contributed by atoms with van der Waals surface area (Å²) in [5.74, 6) is 1.26. The second kappa shape index (κ2) is 8.05. The van der Waals surface area contributed by atoms with Gasteiger partial charge in [0.05, 0.1) is 24.1 Å². The van der Waals surface area contributed by atoms with Crippen LogP contribution in [0.15, 0.2) is 70.8 Å². The molecule has 2 aromatic rings. The van der Waals surface area contributed by atoms with E-state index in [4.69, 9.17) is 9.47 Å². The molecule has 0 aliphatic carbocycles. The molecule has 0 fully saturated rings. The molecule has 138 valence electrons. The summed E-state index contributed by atoms with van der Waals surface area (Å²) in [5, 5.41) is 10.6. The van der Waals surface area contributed by atoms with Gasteiger partial charge in [0.2, 0.25) is 0 Å². The normalized spacial score (nSPS) is 12.8. The standard InChI is InChI=1S/C19H22N2O4S/c1-13(24-3)10-16(22)11-14(2)25-19-8-9-20-18-7-6-15(12-17(18)19)21-26(4,5)23/h6-12,22H,2H2,1,3-5H3/b13-10+,16-11+. The fourth-order valence-electron chi connectivity index (χ4n) is 2.15. The molecule has 1 aromatic heterocycles. The summed E-state index contributed by atoms with van der Waals surface area (Å²) >= 11 is 0. The molecule has 1 aromatic carbocycles. The topological polar surface area (TPSA) is 81.0 Å². The zero-order valence-corrected chi connectivity index (χ0v) is 16.0. The van der Waals surface area contributed by atoms with Crippen molar-refractivity contribution in [2.45, 2.75) is 6.92 Å². The van der Waals surface area contributed by atoms with E-state index in [0.717, 1.165) is 0 Å². The fourth-order valence-corrected chi connectivity index (χ4v) is 2.77. The van der Waals surface area contributed by atoms with E-state index in [1.54, 1.807) is 49.9 Å². The van der Waals surface area contributed by atoms with Crippen molar-refractivity contribution in [1.82, 2.24) is 4.98 Å². The Labute approximate surface area is 153 Å². The van der Waals surface area contributed by atoms with Gasteiger partial charge in [-0.25, -0.2) is 4.21 Å². The second-order valence-electron chi connectivity index (χ2n) is 5.88. The molecule has 0 saturated carbocycles. The van der Waals surface area contributed by atoms with Gasteiger partial charge in [-0.05, 0) is 31.2 Å². The minimum Gasteiger partial charge on any atom is -0.508 e. The number of allylic oxidation sites excluding steroid dienone is 3. The zero-order chi connectivity index (χ0) is 19.3. The molecule has 26 heavy (non-hydrogen) atoms. The van der Waals surface area contributed by atoms with E-state index in [0.29, 0.717) is 28.1 Å². The molecule has 6 nitrogen and oxygen atoms in total. The van der Waals surface area contributed by atoms with E-state index < -0.39 is 9.73 Å². The van der Waals surface area contributed by atoms with Gasteiger partial charge in [-0.1, -0.05) is 6.58 Å². The van der Waals surface area contributed by atoms with Crippen LogP contribution in [0.25, 0.3) is 10.9 Å². The average molecular weight is 374 g/mol. The van der Waals surface area contributed by atoms with Crippen LogP contribution in [0.1, 0.15) is 6.92 Å². The monoisotopic (exact) mass is 374 g/mol. The van der Waals surface area contributed by atoms with Crippen molar-refractivity contribution < 1.29 is 18.8 Å². The number of hydrogen-bond donors (Lipinski definition) is 1. The van der Waals surface area contributed by atoms with Crippen molar-refractivity contribution in [3.05, 3.63) is 66.5 Å². The Balaban J connectivity index is 2.37. The van der Waals surface area contributed by atoms with Gasteiger partial charge in [-0.15, -0.1) is 0 Å². The lowest BCUT2D eigenvalue weighted by Gasteiger charge is -2.09. The predicted octanol–water partition coefficient (Wildman–Crippen LogP) is 4.48. The molecule has 1 N–H and O–H groups in total. The highest BCUT2D eigenvalue weighted by Gasteiger charge is 2.07. The molecular formula is C19H22N2O4S. The van der Waals surface area contributed by atoms with Crippen LogP contribution in [0.3, 0.4) is 0 Å². The molecular weight excluding hydrogens is 352 g/mol. The Morgan fingerprint density at radius 2 is 2.04 bits per heavy atom. The summed E-state index contributed by atoms with van der Waals surface area (Å²) in [7, 11) is -0.761. The maximum Gasteiger partial charge on any atom is 0.138 e. The largest absolute Gasteiger partial charge is 0.508 e. The van der Waals surface area contributed by atoms with Gasteiger partial charge in [0.25, 0.3) is 0 Å². The van der Waals surface area contributed by atoms with Crippen LogP contribution in [0.2, 0.25) is 0 Å². The van der Waals surface area contributed by atoms with Crippen LogP contribution in [0.4, 0.5) is 5.69 Å². The number of benzene rings is 1. The van der Waals surface area contributed by atoms with Crippen LogP contribution >= 0.6 is 0 Å². The maximum absolute atomic E-state index is 11.9. The van der Waals surface area contributed by atoms with Crippen LogP contribution in [0.5, 0.6) is 5.75 Å². The van der Waals surface area contributed by atoms with E-state index in [9.17, 15) is 9.32 Å². The van der Waals surface area contributed by atoms with E-state index in [-0.39, 0.29) is 11.5 Å². The van der Waals surface area contributed by atoms with Crippen LogP contribution in [-0.2, 0) is 14.5 Å². The highest BCUT2D eigenvalue weighted by Crippen LogP contribution is 2.29. The first kappa shape index (κ1) is 19.5. The lowest BCUT2D eigenvalue weighted by Crippen LogP contribution is -1.94. The van der Waals surface area contributed by atoms with E-state index in [1.807, 2.05) is 0 Å². The number of pyridine rings is 1. The Morgan fingerprint density at radius 1 is 1.31 bits per heavy atom. The van der Waals surface area contributed by atoms with E-state index in [1.165, 1.54) is 19.3 Å². The zero-order valence-electron chi connectivity index (χ0n) is 15.2. The van der Waals surface area contributed by atoms with Crippen molar-refractivity contribution in [3.63, 3.8) is 0 Å². The number of ether oxygens (including phenoxy) is 2. The molecule has 0 amide bonds. The number of nitrogens with zero attached hydrogens (tertiary/aromatic N) is 2. The number of methoxy groups -OCH3 is 1. The molecule has 0 spiro atoms. The minimum absolute atomic E-state index is 0.0416. The van der Waals surface area contributed by atoms with E-state index >= 15 is 0 Å². The number of fused-ring (bicyclic) bond motifs is 1. The van der Waals surface area contributed by atoms with Gasteiger partial charge in [-0.2, -0.15) is 4.36 Å². The molecule has 7 heteroatoms. The summed E-state index contributed by atoms with van der Waals surface area (Å²) in [6.45, 7) is 5.51. The van der Waals surface area contributed by atoms with Crippen molar-refractivity contribution in [2.24, 2.45) is 4.36 Å². The van der Waals surface area contributed by atoms with Crippen LogP contribution in [0, 0.1) is 0 Å². The smallest absolute Gasteiger partial charge is 0.138 e. The summed E-state index contributed by atoms with van der Waals surface area (Å²) in [4.78, 5) is 4.28. The van der Waals surface area contributed by atoms with Crippen LogP contribution in [-0.4, -0.2) is 33.9 Å². The summed E-state index contributed by atoms with van der Waals surface area (Å²) < 4.78 is 26.8. The van der Waals surface area contributed by atoms with Gasteiger partial charge in [0.1, 0.15) is 17.3 Å². The first-order valence-electron chi connectivity index (χ1n) is 7.73. The number of rotatable bonds is 6. The number of hydrogen-bond acceptors (Lipinski definition) is 6. The highest BCUT2D eigenvalue weighted by molar-refractivity contribution is 7.92. The maximum atomic E-state index is 11.9. The SMILES string of the molecule is C=C(/C=C(O)\C=C(/C)OC)Oc1ccnc2ccc(N=S(C)(C)=O)cc12. The van der Waals surface area contributed by atoms with Gasteiger partial charge in [0.15, 0.2) is 0 Å². The van der Waals surface area contributed by atoms with E-state index in [2.05, 4.69) is 15.9 Å². The molecule has 1 heterocycles. The Morgan fingerprint density at radius 3 is 2.69 bits per heavy atom. The minimum atomic E-state index is -2.28. The van der Waals surface area contributed by atoms with Crippen molar-refractivity contribution in [1.29, 1.82) is 0 Å². The van der Waals surface area contributed by atoms with Crippen molar-refractivity contribution >= 4 is 26.3 Å². The van der Waals surface area contributed by atoms with Gasteiger partial charge >= 0.3 is 0 Å². The number of aliphatic hydroxyl groups is 1. The summed E-state index contributed by atoms with van der Waals surface area (Å²) in [6.07, 6.45) is 7.60. The molecule has 0 atom stereocenters. The lowest BCUT2D eigenvalue weighted by atomic mass is 10.2. The molecule has 2 rings (SSSR count). The third kappa shape index (κ3) is 5.63. The van der Waals surface area contributed by atoms with Gasteiger partial charge < -0.3 is 14.6 Å². The Hall–Kier alpha value is -2.80. The molecule has 0 aliphatic heterocycles. The third-order valence-corrected chi connectivity index (χ3v) is 3.88. The van der Waals surface area contributed by atoms with Gasteiger partial charge in [-0.3, -0.25) is 4.98 Å². The van der Waals surface area contributed by atoms with Crippen molar-refractivity contribution in [2.75, 3.05) is 19.6 Å². The molecule has 0 saturated heterocycles. The fraction of sp³-hybridized carbons (Fsp3) is 0.211. The Bertz CT molecular complexity index is 1010. The summed E-state index contributed by atoms with van der Waals surface area (Å²) in [6, 6.07) is 6.99. The first-order chi connectivity index (χ1) is 12.2. The molecule has 0 radical (unpaired) electrons. The Kier molecular flexibility index (Phi) is 6.05. The average Bonchev–Trinajstić information content (AvgIpc) is 2.53. The van der Waals surface area contributed by atoms with Gasteiger partial charge in [0, 0.05) is 46.0 Å². The van der Waals surface area contributed by atoms with Crippen molar-refractivity contribution in [3.8, 4) is 5.75 Å². The number of aromatic nitrogens is 1. The molecule has 0 bridgehead atoms. The highest BCUT2D eigenvalue weighted by atomic mass is 32.2. The second-order valence-corrected chi connectivity index (χ2v) is 8.42. The third-order valence-electron chi connectivity index (χ3n) is 3.23. The summed E-state index contributed by atoms with van der Waals surface area (Å²) in [5.41, 5.74) is 1.28. The first-order valence-corrected chi connectivity index (χ1v) is 10.1. The predicted molar refractivity (Wildman–Crippen MR) is 105 cm³/mol. The molecule has 0 aliphatic rings. The number of aliphatic hydroxyl groups excluding tert-OH is 1. The van der Waals surface area contributed by atoms with Crippen LogP contribution < -0.4 is 4.74 Å².